The lowest BCUT2D eigenvalue weighted by Gasteiger charge is -2.09. The van der Waals surface area contributed by atoms with Crippen LogP contribution in [0.4, 0.5) is 17.2 Å². The summed E-state index contributed by atoms with van der Waals surface area (Å²) in [6.45, 7) is -0.0867. The van der Waals surface area contributed by atoms with Gasteiger partial charge in [0.2, 0.25) is 0 Å². The van der Waals surface area contributed by atoms with Gasteiger partial charge in [-0.3, -0.25) is 4.79 Å². The number of ether oxygens (including phenoxy) is 2. The topological polar surface area (TPSA) is 89.6 Å². The van der Waals surface area contributed by atoms with Gasteiger partial charge in [-0.2, -0.15) is 0 Å². The predicted molar refractivity (Wildman–Crippen MR) is 106 cm³/mol. The molecule has 0 aliphatic heterocycles. The van der Waals surface area contributed by atoms with E-state index in [1.807, 2.05) is 18.2 Å². The molecule has 0 bridgehead atoms. The zero-order valence-electron chi connectivity index (χ0n) is 15.2. The zero-order chi connectivity index (χ0) is 19.8. The Morgan fingerprint density at radius 1 is 0.929 bits per heavy atom. The first-order valence-corrected chi connectivity index (χ1v) is 8.53. The van der Waals surface area contributed by atoms with Gasteiger partial charge in [-0.25, -0.2) is 9.78 Å². The molecule has 0 unspecified atom stereocenters. The van der Waals surface area contributed by atoms with E-state index in [-0.39, 0.29) is 18.5 Å². The number of hydrogen-bond donors (Lipinski definition) is 2. The third-order valence-corrected chi connectivity index (χ3v) is 3.74. The number of aromatic nitrogens is 1. The molecule has 0 spiro atoms. The lowest BCUT2D eigenvalue weighted by Crippen LogP contribution is -2.20. The lowest BCUT2D eigenvalue weighted by molar-refractivity contribution is -0.118. The number of methoxy groups -OCH3 is 1. The summed E-state index contributed by atoms with van der Waals surface area (Å²) in [6, 6.07) is 19.4. The standard InChI is InChI=1S/C21H19N3O4/c1-27-21(26)15-7-9-16(10-8-15)23-19-12-11-17(13-22-19)24-20(25)14-28-18-5-3-2-4-6-18/h2-13H,14H2,1H3,(H,22,23)(H,24,25). The summed E-state index contributed by atoms with van der Waals surface area (Å²) in [7, 11) is 1.34. The second kappa shape index (κ2) is 9.18. The van der Waals surface area contributed by atoms with Crippen molar-refractivity contribution in [1.82, 2.24) is 4.98 Å². The normalized spacial score (nSPS) is 10.0. The molecule has 3 rings (SSSR count). The summed E-state index contributed by atoms with van der Waals surface area (Å²) in [5.74, 6) is 0.573. The molecule has 0 saturated carbocycles. The third-order valence-electron chi connectivity index (χ3n) is 3.74. The Labute approximate surface area is 162 Å². The van der Waals surface area contributed by atoms with Crippen molar-refractivity contribution < 1.29 is 19.1 Å². The summed E-state index contributed by atoms with van der Waals surface area (Å²) in [4.78, 5) is 27.7. The van der Waals surface area contributed by atoms with Gasteiger partial charge in [0, 0.05) is 5.69 Å². The van der Waals surface area contributed by atoms with Crippen molar-refractivity contribution in [3.05, 3.63) is 78.5 Å². The fourth-order valence-corrected chi connectivity index (χ4v) is 2.36. The molecular formula is C21H19N3O4. The fraction of sp³-hybridized carbons (Fsp3) is 0.0952. The Hall–Kier alpha value is -3.87. The maximum atomic E-state index is 12.0. The van der Waals surface area contributed by atoms with Gasteiger partial charge in [-0.05, 0) is 48.5 Å². The van der Waals surface area contributed by atoms with Crippen molar-refractivity contribution in [3.63, 3.8) is 0 Å². The van der Waals surface area contributed by atoms with E-state index in [1.165, 1.54) is 7.11 Å². The average Bonchev–Trinajstić information content (AvgIpc) is 2.74. The van der Waals surface area contributed by atoms with E-state index in [4.69, 9.17) is 4.74 Å². The molecule has 0 aliphatic carbocycles. The number of para-hydroxylation sites is 1. The number of hydrogen-bond acceptors (Lipinski definition) is 6. The average molecular weight is 377 g/mol. The number of amides is 1. The summed E-state index contributed by atoms with van der Waals surface area (Å²) in [5, 5.41) is 5.84. The van der Waals surface area contributed by atoms with Crippen molar-refractivity contribution >= 4 is 29.1 Å². The first kappa shape index (κ1) is 18.9. The van der Waals surface area contributed by atoms with Crippen LogP contribution < -0.4 is 15.4 Å². The van der Waals surface area contributed by atoms with Crippen molar-refractivity contribution in [2.45, 2.75) is 0 Å². The number of rotatable bonds is 7. The van der Waals surface area contributed by atoms with Gasteiger partial charge in [-0.1, -0.05) is 18.2 Å². The molecular weight excluding hydrogens is 358 g/mol. The van der Waals surface area contributed by atoms with Gasteiger partial charge in [-0.15, -0.1) is 0 Å². The SMILES string of the molecule is COC(=O)c1ccc(Nc2ccc(NC(=O)COc3ccccc3)cn2)cc1. The second-order valence-corrected chi connectivity index (χ2v) is 5.78. The fourth-order valence-electron chi connectivity index (χ4n) is 2.36. The quantitative estimate of drug-likeness (QED) is 0.611. The molecule has 28 heavy (non-hydrogen) atoms. The van der Waals surface area contributed by atoms with Gasteiger partial charge in [0.05, 0.1) is 24.6 Å². The minimum Gasteiger partial charge on any atom is -0.484 e. The van der Waals surface area contributed by atoms with Gasteiger partial charge in [0.15, 0.2) is 6.61 Å². The number of carbonyl (C=O) groups is 2. The van der Waals surface area contributed by atoms with Crippen LogP contribution in [0.15, 0.2) is 72.9 Å². The monoisotopic (exact) mass is 377 g/mol. The highest BCUT2D eigenvalue weighted by molar-refractivity contribution is 5.92. The van der Waals surface area contributed by atoms with Crippen LogP contribution in [-0.4, -0.2) is 30.6 Å². The van der Waals surface area contributed by atoms with Crippen molar-refractivity contribution in [2.75, 3.05) is 24.4 Å². The van der Waals surface area contributed by atoms with E-state index in [0.29, 0.717) is 22.8 Å². The van der Waals surface area contributed by atoms with Crippen LogP contribution in [0, 0.1) is 0 Å². The second-order valence-electron chi connectivity index (χ2n) is 5.78. The molecule has 0 radical (unpaired) electrons. The van der Waals surface area contributed by atoms with E-state index < -0.39 is 0 Å². The molecule has 0 atom stereocenters. The van der Waals surface area contributed by atoms with Gasteiger partial charge in [0.25, 0.3) is 5.91 Å². The highest BCUT2D eigenvalue weighted by Gasteiger charge is 2.06. The van der Waals surface area contributed by atoms with E-state index in [0.717, 1.165) is 5.69 Å². The number of anilines is 3. The summed E-state index contributed by atoms with van der Waals surface area (Å²) in [5.41, 5.74) is 1.80. The van der Waals surface area contributed by atoms with Crippen LogP contribution in [0.25, 0.3) is 0 Å². The number of nitrogens with zero attached hydrogens (tertiary/aromatic N) is 1. The lowest BCUT2D eigenvalue weighted by atomic mass is 10.2. The Morgan fingerprint density at radius 2 is 1.64 bits per heavy atom. The molecule has 1 heterocycles. The molecule has 0 saturated heterocycles. The maximum Gasteiger partial charge on any atom is 0.337 e. The van der Waals surface area contributed by atoms with E-state index in [1.54, 1.807) is 54.7 Å². The van der Waals surface area contributed by atoms with Crippen molar-refractivity contribution in [2.24, 2.45) is 0 Å². The molecule has 7 heteroatoms. The van der Waals surface area contributed by atoms with Crippen LogP contribution in [0.1, 0.15) is 10.4 Å². The molecule has 7 nitrogen and oxygen atoms in total. The Bertz CT molecular complexity index is 926. The van der Waals surface area contributed by atoms with Crippen molar-refractivity contribution in [3.8, 4) is 5.75 Å². The molecule has 2 N–H and O–H groups in total. The first-order valence-electron chi connectivity index (χ1n) is 8.53. The number of nitrogens with one attached hydrogen (secondary N) is 2. The van der Waals surface area contributed by atoms with Crippen LogP contribution in [0.5, 0.6) is 5.75 Å². The number of carbonyl (C=O) groups excluding carboxylic acids is 2. The Kier molecular flexibility index (Phi) is 6.20. The Morgan fingerprint density at radius 3 is 2.29 bits per heavy atom. The smallest absolute Gasteiger partial charge is 0.337 e. The predicted octanol–water partition coefficient (Wildman–Crippen LogP) is 3.63. The van der Waals surface area contributed by atoms with E-state index in [2.05, 4.69) is 20.4 Å². The number of benzene rings is 2. The molecule has 0 fully saturated rings. The van der Waals surface area contributed by atoms with Crippen LogP contribution in [0.2, 0.25) is 0 Å². The van der Waals surface area contributed by atoms with Gasteiger partial charge in [0.1, 0.15) is 11.6 Å². The first-order chi connectivity index (χ1) is 13.6. The van der Waals surface area contributed by atoms with Gasteiger partial charge >= 0.3 is 5.97 Å². The highest BCUT2D eigenvalue weighted by Crippen LogP contribution is 2.17. The molecule has 0 aliphatic rings. The van der Waals surface area contributed by atoms with Crippen LogP contribution in [-0.2, 0) is 9.53 Å². The van der Waals surface area contributed by atoms with Gasteiger partial charge < -0.3 is 20.1 Å². The summed E-state index contributed by atoms with van der Waals surface area (Å²) >= 11 is 0. The minimum absolute atomic E-state index is 0.0867. The largest absolute Gasteiger partial charge is 0.484 e. The summed E-state index contributed by atoms with van der Waals surface area (Å²) < 4.78 is 10.1. The minimum atomic E-state index is -0.388. The van der Waals surface area contributed by atoms with Crippen LogP contribution in [0.3, 0.4) is 0 Å². The van der Waals surface area contributed by atoms with E-state index >= 15 is 0 Å². The zero-order valence-corrected chi connectivity index (χ0v) is 15.2. The molecule has 1 amide bonds. The molecule has 142 valence electrons. The van der Waals surface area contributed by atoms with E-state index in [9.17, 15) is 9.59 Å². The van der Waals surface area contributed by atoms with Crippen molar-refractivity contribution in [1.29, 1.82) is 0 Å². The number of esters is 1. The maximum absolute atomic E-state index is 12.0. The Balaban J connectivity index is 1.51. The summed E-state index contributed by atoms with van der Waals surface area (Å²) in [6.07, 6.45) is 1.55. The molecule has 1 aromatic heterocycles. The third kappa shape index (κ3) is 5.31. The number of pyridine rings is 1. The molecule has 3 aromatic rings. The molecule has 2 aromatic carbocycles. The van der Waals surface area contributed by atoms with Crippen LogP contribution >= 0.6 is 0 Å². The highest BCUT2D eigenvalue weighted by atomic mass is 16.5.